The van der Waals surface area contributed by atoms with Crippen molar-refractivity contribution in [1.29, 1.82) is 0 Å². The van der Waals surface area contributed by atoms with E-state index in [1.165, 1.54) is 16.2 Å². The predicted molar refractivity (Wildman–Crippen MR) is 230 cm³/mol. The van der Waals surface area contributed by atoms with Crippen LogP contribution in [-0.2, 0) is 0 Å². The average molecular weight is 715 g/mol. The molecule has 0 fully saturated rings. The summed E-state index contributed by atoms with van der Waals surface area (Å²) < 4.78 is 8.87. The first kappa shape index (κ1) is 30.8. The van der Waals surface area contributed by atoms with Gasteiger partial charge in [-0.1, -0.05) is 164 Å². The second kappa shape index (κ2) is 11.9. The van der Waals surface area contributed by atoms with E-state index in [2.05, 4.69) is 168 Å². The molecule has 0 spiro atoms. The van der Waals surface area contributed by atoms with E-state index in [0.717, 1.165) is 82.2 Å². The third-order valence-electron chi connectivity index (χ3n) is 11.2. The first-order valence-corrected chi connectivity index (χ1v) is 18.9. The van der Waals surface area contributed by atoms with Crippen molar-refractivity contribution in [3.05, 3.63) is 182 Å². The van der Waals surface area contributed by atoms with Crippen LogP contribution < -0.4 is 0 Å². The van der Waals surface area contributed by atoms with Gasteiger partial charge in [-0.2, -0.15) is 9.97 Å². The third-order valence-corrected chi connectivity index (χ3v) is 11.2. The molecule has 0 unspecified atom stereocenters. The van der Waals surface area contributed by atoms with E-state index in [4.69, 9.17) is 19.4 Å². The average Bonchev–Trinajstić information content (AvgIpc) is 3.84. The Balaban J connectivity index is 1.18. The summed E-state index contributed by atoms with van der Waals surface area (Å²) in [6.45, 7) is 0. The van der Waals surface area contributed by atoms with Crippen LogP contribution in [0, 0.1) is 0 Å². The van der Waals surface area contributed by atoms with Gasteiger partial charge in [0.1, 0.15) is 11.2 Å². The van der Waals surface area contributed by atoms with Crippen LogP contribution in [0.2, 0.25) is 0 Å². The molecule has 0 radical (unpaired) electrons. The Morgan fingerprint density at radius 3 is 1.79 bits per heavy atom. The van der Waals surface area contributed by atoms with Gasteiger partial charge in [-0.25, -0.2) is 4.98 Å². The lowest BCUT2D eigenvalue weighted by molar-refractivity contribution is 0.672. The topological polar surface area (TPSA) is 56.7 Å². The Morgan fingerprint density at radius 1 is 0.375 bits per heavy atom. The van der Waals surface area contributed by atoms with Crippen molar-refractivity contribution in [2.75, 3.05) is 0 Å². The second-order valence-electron chi connectivity index (χ2n) is 14.4. The number of hydrogen-bond donors (Lipinski definition) is 0. The SMILES string of the molecule is c1ccc(-c2ccc(-c3nc(-c4cccc5oc6c7ccccc7ccc6c45)nc(-n4c5ccc6ccccc6c5c5ccc6ccccc6c54)n3)cc2)cc1. The lowest BCUT2D eigenvalue weighted by Gasteiger charge is -2.13. The summed E-state index contributed by atoms with van der Waals surface area (Å²) in [5.41, 5.74) is 7.83. The van der Waals surface area contributed by atoms with Gasteiger partial charge in [-0.05, 0) is 50.9 Å². The number of benzene rings is 9. The van der Waals surface area contributed by atoms with Crippen LogP contribution in [-0.4, -0.2) is 19.5 Å². The quantitative estimate of drug-likeness (QED) is 0.182. The Kier molecular flexibility index (Phi) is 6.56. The molecule has 0 aliphatic carbocycles. The summed E-state index contributed by atoms with van der Waals surface area (Å²) in [6, 6.07) is 63.8. The first-order valence-electron chi connectivity index (χ1n) is 18.9. The van der Waals surface area contributed by atoms with Crippen LogP contribution in [0.25, 0.3) is 116 Å². The molecular formula is C51H30N4O. The molecule has 0 aliphatic heterocycles. The molecule has 12 aromatic rings. The molecule has 0 saturated carbocycles. The second-order valence-corrected chi connectivity index (χ2v) is 14.4. The summed E-state index contributed by atoms with van der Waals surface area (Å²) in [5.74, 6) is 1.73. The number of fused-ring (bicyclic) bond motifs is 12. The fourth-order valence-corrected chi connectivity index (χ4v) is 8.65. The Hall–Kier alpha value is -7.63. The molecule has 3 heterocycles. The minimum atomic E-state index is 0.555. The van der Waals surface area contributed by atoms with Crippen LogP contribution in [0.15, 0.2) is 186 Å². The summed E-state index contributed by atoms with van der Waals surface area (Å²) >= 11 is 0. The maximum atomic E-state index is 6.63. The van der Waals surface area contributed by atoms with Gasteiger partial charge >= 0.3 is 0 Å². The number of furan rings is 1. The highest BCUT2D eigenvalue weighted by Crippen LogP contribution is 2.42. The summed E-state index contributed by atoms with van der Waals surface area (Å²) in [5, 5.41) is 11.2. The molecule has 0 atom stereocenters. The standard InChI is InChI=1S/C51H30N4O/c1-2-11-31(12-3-1)32-21-23-36(24-22-32)49-52-50(42-19-10-20-44-46(42)41-29-26-35-15-6-9-18-39(35)48(41)56-44)54-51(53-49)55-43-30-27-33-13-4-7-16-37(33)45(43)40-28-25-34-14-5-8-17-38(34)47(40)55/h1-30H. The molecule has 0 bridgehead atoms. The van der Waals surface area contributed by atoms with Crippen LogP contribution >= 0.6 is 0 Å². The molecule has 0 amide bonds. The van der Waals surface area contributed by atoms with Crippen molar-refractivity contribution in [2.24, 2.45) is 0 Å². The van der Waals surface area contributed by atoms with Crippen molar-refractivity contribution < 1.29 is 4.42 Å². The molecular weight excluding hydrogens is 685 g/mol. The lowest BCUT2D eigenvalue weighted by atomic mass is 10.0. The normalized spacial score (nSPS) is 11.9. The van der Waals surface area contributed by atoms with Crippen molar-refractivity contribution in [1.82, 2.24) is 19.5 Å². The predicted octanol–water partition coefficient (Wildman–Crippen LogP) is 13.3. The maximum absolute atomic E-state index is 6.63. The fourth-order valence-electron chi connectivity index (χ4n) is 8.65. The highest BCUT2D eigenvalue weighted by molar-refractivity contribution is 6.26. The van der Waals surface area contributed by atoms with E-state index in [0.29, 0.717) is 17.6 Å². The van der Waals surface area contributed by atoms with E-state index in [1.807, 2.05) is 18.2 Å². The summed E-state index contributed by atoms with van der Waals surface area (Å²) in [4.78, 5) is 16.1. The minimum Gasteiger partial charge on any atom is -0.455 e. The number of rotatable bonds is 4. The maximum Gasteiger partial charge on any atom is 0.238 e. The molecule has 0 saturated heterocycles. The summed E-state index contributed by atoms with van der Waals surface area (Å²) in [6.07, 6.45) is 0. The van der Waals surface area contributed by atoms with Crippen molar-refractivity contribution >= 4 is 76.1 Å². The van der Waals surface area contributed by atoms with Gasteiger partial charge in [0.15, 0.2) is 11.6 Å². The van der Waals surface area contributed by atoms with Crippen molar-refractivity contribution in [3.8, 4) is 39.9 Å². The van der Waals surface area contributed by atoms with Crippen LogP contribution in [0.5, 0.6) is 0 Å². The zero-order chi connectivity index (χ0) is 36.7. The Bertz CT molecular complexity index is 3530. The molecule has 3 aromatic heterocycles. The molecule has 260 valence electrons. The third kappa shape index (κ3) is 4.58. The molecule has 12 rings (SSSR count). The molecule has 9 aromatic carbocycles. The highest BCUT2D eigenvalue weighted by Gasteiger charge is 2.23. The first-order chi connectivity index (χ1) is 27.8. The van der Waals surface area contributed by atoms with Gasteiger partial charge in [-0.3, -0.25) is 4.57 Å². The lowest BCUT2D eigenvalue weighted by Crippen LogP contribution is -2.06. The summed E-state index contributed by atoms with van der Waals surface area (Å²) in [7, 11) is 0. The van der Waals surface area contributed by atoms with Gasteiger partial charge in [0, 0.05) is 43.4 Å². The number of nitrogens with zero attached hydrogens (tertiary/aromatic N) is 4. The zero-order valence-electron chi connectivity index (χ0n) is 30.0. The minimum absolute atomic E-state index is 0.555. The monoisotopic (exact) mass is 714 g/mol. The van der Waals surface area contributed by atoms with E-state index >= 15 is 0 Å². The largest absolute Gasteiger partial charge is 0.455 e. The molecule has 0 N–H and O–H groups in total. The van der Waals surface area contributed by atoms with Crippen molar-refractivity contribution in [3.63, 3.8) is 0 Å². The van der Waals surface area contributed by atoms with Crippen LogP contribution in [0.3, 0.4) is 0 Å². The van der Waals surface area contributed by atoms with E-state index in [-0.39, 0.29) is 0 Å². The van der Waals surface area contributed by atoms with E-state index < -0.39 is 0 Å². The molecule has 5 nitrogen and oxygen atoms in total. The fraction of sp³-hybridized carbons (Fsp3) is 0. The Labute approximate surface area is 320 Å². The molecule has 5 heteroatoms. The van der Waals surface area contributed by atoms with Crippen molar-refractivity contribution in [2.45, 2.75) is 0 Å². The Morgan fingerprint density at radius 2 is 0.982 bits per heavy atom. The smallest absolute Gasteiger partial charge is 0.238 e. The molecule has 56 heavy (non-hydrogen) atoms. The van der Waals surface area contributed by atoms with E-state index in [9.17, 15) is 0 Å². The number of aromatic nitrogens is 4. The zero-order valence-corrected chi connectivity index (χ0v) is 30.0. The van der Waals surface area contributed by atoms with Gasteiger partial charge < -0.3 is 4.42 Å². The highest BCUT2D eigenvalue weighted by atomic mass is 16.3. The molecule has 0 aliphatic rings. The van der Waals surface area contributed by atoms with Crippen LogP contribution in [0.1, 0.15) is 0 Å². The van der Waals surface area contributed by atoms with Gasteiger partial charge in [0.2, 0.25) is 5.95 Å². The van der Waals surface area contributed by atoms with E-state index in [1.54, 1.807) is 0 Å². The van der Waals surface area contributed by atoms with Gasteiger partial charge in [0.05, 0.1) is 11.0 Å². The van der Waals surface area contributed by atoms with Crippen LogP contribution in [0.4, 0.5) is 0 Å². The number of hydrogen-bond acceptors (Lipinski definition) is 4. The van der Waals surface area contributed by atoms with Gasteiger partial charge in [-0.15, -0.1) is 0 Å². The van der Waals surface area contributed by atoms with Gasteiger partial charge in [0.25, 0.3) is 0 Å².